The molecular weight excluding hydrogens is 2700 g/mol. The molecule has 17 aromatic rings. The molecule has 18 heteroatoms. The number of hydrogen-bond acceptors (Lipinski definition) is 8. The Balaban J connectivity index is 0.000000168. The molecule has 22 rings (SSSR count). The molecule has 13 heterocycles. The van der Waals surface area contributed by atoms with Gasteiger partial charge in [0.05, 0.1) is 40.4 Å². The van der Waals surface area contributed by atoms with E-state index in [-0.39, 0.29) is 101 Å². The second-order valence-electron chi connectivity index (χ2n) is 39.4. The van der Waals surface area contributed by atoms with E-state index in [4.69, 9.17) is 9.97 Å². The van der Waals surface area contributed by atoms with Gasteiger partial charge in [0, 0.05) is 150 Å². The van der Waals surface area contributed by atoms with Crippen molar-refractivity contribution in [1.29, 1.82) is 0 Å². The summed E-state index contributed by atoms with van der Waals surface area (Å²) in [6.45, 7) is 26.3. The molecule has 5 radical (unpaired) electrons. The summed E-state index contributed by atoms with van der Waals surface area (Å²) in [5.41, 5.74) is 25.1. The third kappa shape index (κ3) is 31.3. The molecule has 0 spiro atoms. The molecule has 0 saturated carbocycles. The normalized spacial score (nSPS) is 14.3. The third-order valence-corrected chi connectivity index (χ3v) is 51.3. The van der Waals surface area contributed by atoms with Crippen LogP contribution in [0.2, 0.25) is 93.2 Å². The van der Waals surface area contributed by atoms with E-state index in [1.165, 1.54) is 132 Å². The van der Waals surface area contributed by atoms with E-state index in [1.54, 1.807) is 44.9 Å². The molecule has 5 fully saturated rings. The number of aryl methyl sites for hydroxylation is 2. The number of pyridine rings is 8. The molecule has 142 heavy (non-hydrogen) atoms. The van der Waals surface area contributed by atoms with Crippen molar-refractivity contribution in [2.24, 2.45) is 11.8 Å². The van der Waals surface area contributed by atoms with E-state index in [0.717, 1.165) is 96.5 Å². The van der Waals surface area contributed by atoms with Gasteiger partial charge >= 0.3 is 0 Å². The van der Waals surface area contributed by atoms with Crippen molar-refractivity contribution in [1.82, 2.24) is 39.9 Å². The third-order valence-electron chi connectivity index (χ3n) is 27.9. The first-order valence-electron chi connectivity index (χ1n) is 49.2. The topological polar surface area (TPSA) is 103 Å². The van der Waals surface area contributed by atoms with E-state index in [2.05, 4.69) is 293 Å². The Morgan fingerprint density at radius 1 is 0.232 bits per heavy atom. The van der Waals surface area contributed by atoms with Gasteiger partial charge in [-0.3, -0.25) is 0 Å². The first-order valence-corrected chi connectivity index (χ1v) is 63.8. The van der Waals surface area contributed by atoms with Gasteiger partial charge in [-0.2, -0.15) is 0 Å². The van der Waals surface area contributed by atoms with Crippen LogP contribution < -0.4 is 25.9 Å². The smallest absolute Gasteiger partial charge is 0.0859 e. The summed E-state index contributed by atoms with van der Waals surface area (Å²) in [7, 11) is -5.72. The van der Waals surface area contributed by atoms with Crippen molar-refractivity contribution in [3.8, 4) is 101 Å². The Morgan fingerprint density at radius 3 is 0.768 bits per heavy atom. The Labute approximate surface area is 919 Å². The molecule has 0 aliphatic carbocycles. The second kappa shape index (κ2) is 56.3. The van der Waals surface area contributed by atoms with Crippen LogP contribution in [0.1, 0.15) is 82.1 Å². The first kappa shape index (κ1) is 114. The monoisotopic (exact) mass is 2830 g/mol. The number of nitrogens with zero attached hydrogens (tertiary/aromatic N) is 8. The molecule has 737 valence electrons. The van der Waals surface area contributed by atoms with Crippen LogP contribution in [0.4, 0.5) is 0 Å². The van der Waals surface area contributed by atoms with Gasteiger partial charge in [0.25, 0.3) is 0 Å². The molecule has 5 aliphatic heterocycles. The molecule has 0 N–H and O–H groups in total. The van der Waals surface area contributed by atoms with Crippen LogP contribution >= 0.6 is 0 Å². The SMILES string of the molecule is CC(C)Cc1cc(-c2[c-]ccc(-c3ccccc3)c2)ncc1[Si]1(C)CCC1.CC(C)Cc1cc(-c2[c-]cccc2)ncc1[Si]1(C)CCC1.C[Si]1(c2ccc(-c3[c-]cccc3)nc2)CCC1.Cc1cc(-c2[c-]cccc2)ncc1[Si]1(C)CCC1.Cc1cc(-c2[c-]cccc2)ncc1[Si]1(C)CCC1.[Ir].[Ir].[Ir].[Ir].[Ir].[c-]1ccccc1-c1ccccn1.[c-]1ccccc1-c1ccccn1.[c-]1ccccc1-c1ccccn1. The van der Waals surface area contributed by atoms with Crippen LogP contribution in [0.15, 0.2) is 359 Å². The number of aromatic nitrogens is 8. The number of rotatable bonds is 18. The zero-order chi connectivity index (χ0) is 95.3. The maximum Gasteiger partial charge on any atom is 0.0859 e. The van der Waals surface area contributed by atoms with E-state index < -0.39 is 40.4 Å². The van der Waals surface area contributed by atoms with Gasteiger partial charge in [-0.05, 0) is 134 Å². The number of benzene rings is 9. The average Bonchev–Trinajstić information content (AvgIpc) is 0.754. The summed E-state index contributed by atoms with van der Waals surface area (Å²) in [5.74, 6) is 1.35. The van der Waals surface area contributed by atoms with Crippen LogP contribution in [0, 0.1) is 74.2 Å². The molecule has 0 amide bonds. The largest absolute Gasteiger partial charge is 0.305 e. The molecule has 8 aromatic heterocycles. The van der Waals surface area contributed by atoms with Crippen molar-refractivity contribution in [2.45, 2.75) is 180 Å². The minimum absolute atomic E-state index is 0. The summed E-state index contributed by atoms with van der Waals surface area (Å²) >= 11 is 0. The fraction of sp³-hybridized carbons (Fsp3) is 0.242. The van der Waals surface area contributed by atoms with Gasteiger partial charge in [-0.25, -0.2) is 0 Å². The summed E-state index contributed by atoms with van der Waals surface area (Å²) < 4.78 is 0. The zero-order valence-corrected chi connectivity index (χ0v) is 100. The molecule has 8 nitrogen and oxygen atoms in total. The Morgan fingerprint density at radius 2 is 0.500 bits per heavy atom. The van der Waals surface area contributed by atoms with E-state index >= 15 is 0 Å². The maximum atomic E-state index is 4.90. The van der Waals surface area contributed by atoms with Crippen LogP contribution in [-0.2, 0) is 113 Å². The molecular formula is C124H128Ir5N8Si5-8. The van der Waals surface area contributed by atoms with Crippen LogP contribution in [0.5, 0.6) is 0 Å². The van der Waals surface area contributed by atoms with Crippen LogP contribution in [0.3, 0.4) is 0 Å². The molecule has 5 saturated heterocycles. The van der Waals surface area contributed by atoms with Crippen molar-refractivity contribution in [2.75, 3.05) is 0 Å². The van der Waals surface area contributed by atoms with Crippen molar-refractivity contribution < 1.29 is 101 Å². The predicted molar refractivity (Wildman–Crippen MR) is 587 cm³/mol. The van der Waals surface area contributed by atoms with Gasteiger partial charge in [0.1, 0.15) is 0 Å². The summed E-state index contributed by atoms with van der Waals surface area (Å²) in [6, 6.07) is 144. The van der Waals surface area contributed by atoms with Gasteiger partial charge in [0.15, 0.2) is 0 Å². The van der Waals surface area contributed by atoms with Crippen molar-refractivity contribution >= 4 is 66.3 Å². The second-order valence-corrected chi connectivity index (χ2v) is 62.7. The molecule has 0 unspecified atom stereocenters. The minimum Gasteiger partial charge on any atom is -0.305 e. The molecule has 0 atom stereocenters. The molecule has 5 aliphatic rings. The fourth-order valence-electron chi connectivity index (χ4n) is 18.9. The minimum atomic E-state index is -1.24. The fourth-order valence-corrected chi connectivity index (χ4v) is 35.1. The van der Waals surface area contributed by atoms with Crippen LogP contribution in [-0.4, -0.2) is 80.2 Å². The summed E-state index contributed by atoms with van der Waals surface area (Å²) in [4.78, 5) is 36.2. The first-order chi connectivity index (χ1) is 66.7. The molecule has 0 bridgehead atoms. The Bertz CT molecular complexity index is 6190. The van der Waals surface area contributed by atoms with Gasteiger partial charge < -0.3 is 39.9 Å². The van der Waals surface area contributed by atoms with E-state index in [1.807, 2.05) is 200 Å². The van der Waals surface area contributed by atoms with E-state index in [0.29, 0.717) is 11.8 Å². The van der Waals surface area contributed by atoms with Crippen molar-refractivity contribution in [3.05, 3.63) is 430 Å². The number of hydrogen-bond donors (Lipinski definition) is 0. The van der Waals surface area contributed by atoms with Gasteiger partial charge in [0.2, 0.25) is 0 Å². The van der Waals surface area contributed by atoms with E-state index in [9.17, 15) is 0 Å². The Hall–Kier alpha value is -9.49. The standard InChI is InChI=1S/C25H28NSi.C19H24NSi.2C16H18NSi.C15H16NSi.3C11H8N.5Ir/c1-19(2)15-23-17-24(26-18-25(23)27(3)13-8-14-27)22-12-7-11-21(16-22)20-9-5-4-6-10-20;1-15(2)12-17-13-18(16-8-5-4-6-9-16)20-14-19(17)21(3)10-7-11-21;2*1-13-11-15(14-7-4-3-5-8-14)17-12-16(13)18(2)9-6-10-18;1-17(10-5-11-17)14-8-9-15(16-12-14)13-6-3-2-4-7-13;3*1-2-6-10(7-3-1)11-8-4-5-9-12-11;;;;;/h4-7,9-11,16-19H,8,13-15H2,1-3H3;4-6,8,13-15H,7,10-12H2,1-3H3;2*3-5,7,11-12H,6,9-10H2,1-2H3;2-4,6,8-9,12H,5,10-11H2,1H3;3*1-6,8-9H;;;;;/q8*-1;;;;;. The zero-order valence-electron chi connectivity index (χ0n) is 83.5. The van der Waals surface area contributed by atoms with Crippen LogP contribution in [0.25, 0.3) is 101 Å². The average molecular weight is 2830 g/mol. The Kier molecular flexibility index (Phi) is 45.4. The van der Waals surface area contributed by atoms with Gasteiger partial charge in [-0.15, -0.1) is 287 Å². The summed E-state index contributed by atoms with van der Waals surface area (Å²) in [5, 5.41) is 7.86. The van der Waals surface area contributed by atoms with Crippen molar-refractivity contribution in [3.63, 3.8) is 0 Å². The summed E-state index contributed by atoms with van der Waals surface area (Å²) in [6.07, 6.45) is 25.5. The molecule has 9 aromatic carbocycles. The van der Waals surface area contributed by atoms with Gasteiger partial charge in [-0.1, -0.05) is 278 Å². The predicted octanol–water partition coefficient (Wildman–Crippen LogP) is 28.5. The maximum absolute atomic E-state index is 4.90. The quantitative estimate of drug-likeness (QED) is 0.0618.